The number of aromatic nitrogens is 1. The molecule has 2 atom stereocenters. The first-order valence-electron chi connectivity index (χ1n) is 5.55. The van der Waals surface area contributed by atoms with Gasteiger partial charge in [-0.1, -0.05) is 0 Å². The zero-order chi connectivity index (χ0) is 11.4. The van der Waals surface area contributed by atoms with Crippen LogP contribution in [0.5, 0.6) is 5.75 Å². The van der Waals surface area contributed by atoms with Gasteiger partial charge >= 0.3 is 0 Å². The fourth-order valence-corrected chi connectivity index (χ4v) is 1.95. The Morgan fingerprint density at radius 2 is 2.50 bits per heavy atom. The van der Waals surface area contributed by atoms with E-state index in [0.717, 1.165) is 13.0 Å². The van der Waals surface area contributed by atoms with Crippen LogP contribution in [0.2, 0.25) is 0 Å². The smallest absolute Gasteiger partial charge is 0.139 e. The second-order valence-corrected chi connectivity index (χ2v) is 4.05. The largest absolute Gasteiger partial charge is 0.487 e. The highest BCUT2D eigenvalue weighted by atomic mass is 16.5. The van der Waals surface area contributed by atoms with Crippen molar-refractivity contribution in [3.8, 4) is 11.8 Å². The van der Waals surface area contributed by atoms with E-state index in [1.165, 1.54) is 12.6 Å². The van der Waals surface area contributed by atoms with Gasteiger partial charge in [0.05, 0.1) is 11.8 Å². The lowest BCUT2D eigenvalue weighted by Gasteiger charge is -2.20. The molecule has 2 unspecified atom stereocenters. The molecular formula is C12H15N3O. The van der Waals surface area contributed by atoms with Crippen LogP contribution in [0.4, 0.5) is 0 Å². The van der Waals surface area contributed by atoms with E-state index in [0.29, 0.717) is 17.4 Å². The lowest BCUT2D eigenvalue weighted by molar-refractivity contribution is 0.179. The fraction of sp³-hybridized carbons (Fsp3) is 0.500. The van der Waals surface area contributed by atoms with Crippen molar-refractivity contribution in [1.29, 1.82) is 5.26 Å². The van der Waals surface area contributed by atoms with E-state index in [-0.39, 0.29) is 6.10 Å². The number of ether oxygens (including phenoxy) is 1. The molecule has 1 N–H and O–H groups in total. The minimum absolute atomic E-state index is 0.109. The highest BCUT2D eigenvalue weighted by Gasteiger charge is 2.22. The molecule has 1 fully saturated rings. The number of hydrogen-bond donors (Lipinski definition) is 1. The monoisotopic (exact) mass is 217 g/mol. The van der Waals surface area contributed by atoms with Crippen LogP contribution < -0.4 is 10.1 Å². The standard InChI is InChI=1S/C12H15N3O/c1-9(12-3-2-4-15-12)16-11-5-10(6-13)7-14-8-11/h5,7-9,12,15H,2-4H2,1H3. The van der Waals surface area contributed by atoms with Crippen molar-refractivity contribution in [2.75, 3.05) is 6.54 Å². The van der Waals surface area contributed by atoms with E-state index in [1.54, 1.807) is 12.3 Å². The van der Waals surface area contributed by atoms with E-state index in [2.05, 4.69) is 16.4 Å². The zero-order valence-electron chi connectivity index (χ0n) is 9.31. The quantitative estimate of drug-likeness (QED) is 0.833. The van der Waals surface area contributed by atoms with Crippen LogP contribution in [0.3, 0.4) is 0 Å². The van der Waals surface area contributed by atoms with Crippen LogP contribution in [0.25, 0.3) is 0 Å². The Morgan fingerprint density at radius 1 is 1.62 bits per heavy atom. The maximum Gasteiger partial charge on any atom is 0.139 e. The molecule has 0 aromatic carbocycles. The van der Waals surface area contributed by atoms with Crippen LogP contribution in [-0.4, -0.2) is 23.7 Å². The third-order valence-electron chi connectivity index (χ3n) is 2.83. The van der Waals surface area contributed by atoms with Gasteiger partial charge in [-0.3, -0.25) is 4.98 Å². The molecule has 4 heteroatoms. The van der Waals surface area contributed by atoms with Crippen LogP contribution in [0.15, 0.2) is 18.5 Å². The van der Waals surface area contributed by atoms with Crippen LogP contribution >= 0.6 is 0 Å². The molecule has 1 saturated heterocycles. The zero-order valence-corrected chi connectivity index (χ0v) is 9.31. The molecule has 4 nitrogen and oxygen atoms in total. The van der Waals surface area contributed by atoms with Gasteiger partial charge in [0.25, 0.3) is 0 Å². The van der Waals surface area contributed by atoms with Crippen molar-refractivity contribution in [2.45, 2.75) is 31.9 Å². The van der Waals surface area contributed by atoms with Crippen molar-refractivity contribution in [3.63, 3.8) is 0 Å². The summed E-state index contributed by atoms with van der Waals surface area (Å²) in [5.41, 5.74) is 0.532. The first-order chi connectivity index (χ1) is 7.79. The van der Waals surface area contributed by atoms with Gasteiger partial charge in [-0.05, 0) is 26.3 Å². The lowest BCUT2D eigenvalue weighted by atomic mass is 10.1. The second-order valence-electron chi connectivity index (χ2n) is 4.05. The normalized spacial score (nSPS) is 21.4. The summed E-state index contributed by atoms with van der Waals surface area (Å²) in [6.07, 6.45) is 5.64. The van der Waals surface area contributed by atoms with Crippen LogP contribution in [-0.2, 0) is 0 Å². The predicted molar refractivity (Wildman–Crippen MR) is 60.1 cm³/mol. The molecular weight excluding hydrogens is 202 g/mol. The third kappa shape index (κ3) is 2.50. The van der Waals surface area contributed by atoms with Crippen LogP contribution in [0.1, 0.15) is 25.3 Å². The summed E-state index contributed by atoms with van der Waals surface area (Å²) in [5, 5.41) is 12.1. The SMILES string of the molecule is CC(Oc1cncc(C#N)c1)C1CCCN1. The van der Waals surface area contributed by atoms with E-state index >= 15 is 0 Å². The summed E-state index contributed by atoms with van der Waals surface area (Å²) in [5.74, 6) is 0.667. The van der Waals surface area contributed by atoms with Gasteiger partial charge in [0.1, 0.15) is 17.9 Å². The maximum atomic E-state index is 8.75. The molecule has 0 aliphatic carbocycles. The Morgan fingerprint density at radius 3 is 3.19 bits per heavy atom. The van der Waals surface area contributed by atoms with E-state index < -0.39 is 0 Å². The highest BCUT2D eigenvalue weighted by Crippen LogP contribution is 2.17. The predicted octanol–water partition coefficient (Wildman–Crippen LogP) is 1.47. The molecule has 0 spiro atoms. The number of nitriles is 1. The Bertz CT molecular complexity index is 393. The molecule has 2 rings (SSSR count). The Balaban J connectivity index is 2.00. The molecule has 1 aliphatic rings. The summed E-state index contributed by atoms with van der Waals surface area (Å²) < 4.78 is 5.76. The summed E-state index contributed by atoms with van der Waals surface area (Å²) in [6, 6.07) is 4.18. The second kappa shape index (κ2) is 4.95. The summed E-state index contributed by atoms with van der Waals surface area (Å²) in [6.45, 7) is 3.11. The first kappa shape index (κ1) is 10.9. The minimum atomic E-state index is 0.109. The first-order valence-corrected chi connectivity index (χ1v) is 5.55. The average Bonchev–Trinajstić information content (AvgIpc) is 2.83. The molecule has 0 amide bonds. The van der Waals surface area contributed by atoms with Crippen molar-refractivity contribution < 1.29 is 4.74 Å². The van der Waals surface area contributed by atoms with E-state index in [4.69, 9.17) is 10.00 Å². The van der Waals surface area contributed by atoms with Gasteiger partial charge in [-0.25, -0.2) is 0 Å². The molecule has 16 heavy (non-hydrogen) atoms. The van der Waals surface area contributed by atoms with Crippen molar-refractivity contribution in [1.82, 2.24) is 10.3 Å². The summed E-state index contributed by atoms with van der Waals surface area (Å²) in [7, 11) is 0. The molecule has 2 heterocycles. The lowest BCUT2D eigenvalue weighted by Crippen LogP contribution is -2.36. The minimum Gasteiger partial charge on any atom is -0.487 e. The number of nitrogens with zero attached hydrogens (tertiary/aromatic N) is 2. The number of pyridine rings is 1. The highest BCUT2D eigenvalue weighted by molar-refractivity contribution is 5.32. The average molecular weight is 217 g/mol. The van der Waals surface area contributed by atoms with Crippen molar-refractivity contribution in [2.24, 2.45) is 0 Å². The van der Waals surface area contributed by atoms with Gasteiger partial charge in [0, 0.05) is 18.3 Å². The van der Waals surface area contributed by atoms with Gasteiger partial charge in [-0.15, -0.1) is 0 Å². The molecule has 1 aromatic rings. The summed E-state index contributed by atoms with van der Waals surface area (Å²) in [4.78, 5) is 3.97. The Hall–Kier alpha value is -1.60. The van der Waals surface area contributed by atoms with Crippen molar-refractivity contribution in [3.05, 3.63) is 24.0 Å². The van der Waals surface area contributed by atoms with Gasteiger partial charge < -0.3 is 10.1 Å². The molecule has 84 valence electrons. The molecule has 0 radical (unpaired) electrons. The summed E-state index contributed by atoms with van der Waals surface area (Å²) >= 11 is 0. The fourth-order valence-electron chi connectivity index (χ4n) is 1.95. The number of hydrogen-bond acceptors (Lipinski definition) is 4. The molecule has 1 aromatic heterocycles. The number of nitrogens with one attached hydrogen (secondary N) is 1. The Labute approximate surface area is 95.3 Å². The molecule has 0 saturated carbocycles. The van der Waals surface area contributed by atoms with E-state index in [1.807, 2.05) is 6.92 Å². The van der Waals surface area contributed by atoms with Crippen LogP contribution in [0, 0.1) is 11.3 Å². The van der Waals surface area contributed by atoms with E-state index in [9.17, 15) is 0 Å². The number of rotatable bonds is 3. The van der Waals surface area contributed by atoms with Gasteiger partial charge in [-0.2, -0.15) is 5.26 Å². The molecule has 0 bridgehead atoms. The third-order valence-corrected chi connectivity index (χ3v) is 2.83. The maximum absolute atomic E-state index is 8.75. The topological polar surface area (TPSA) is 57.9 Å². The molecule has 1 aliphatic heterocycles. The van der Waals surface area contributed by atoms with Gasteiger partial charge in [0.15, 0.2) is 0 Å². The Kier molecular flexibility index (Phi) is 3.37. The van der Waals surface area contributed by atoms with Crippen molar-refractivity contribution >= 4 is 0 Å². The van der Waals surface area contributed by atoms with Gasteiger partial charge in [0.2, 0.25) is 0 Å².